The normalized spacial score (nSPS) is 11.9. The van der Waals surface area contributed by atoms with Crippen LogP contribution in [0.4, 0.5) is 10.2 Å². The summed E-state index contributed by atoms with van der Waals surface area (Å²) in [7, 11) is 0. The summed E-state index contributed by atoms with van der Waals surface area (Å²) in [6.07, 6.45) is 1.10. The predicted octanol–water partition coefficient (Wildman–Crippen LogP) is 0.552. The molecule has 0 aliphatic rings. The Kier molecular flexibility index (Phi) is 3.96. The first kappa shape index (κ1) is 11.4. The van der Waals surface area contributed by atoms with Gasteiger partial charge in [-0.2, -0.15) is 4.39 Å². The second-order valence-corrected chi connectivity index (χ2v) is 2.99. The van der Waals surface area contributed by atoms with Gasteiger partial charge in [0.25, 0.3) is 0 Å². The molecule has 6 heteroatoms. The molecule has 2 N–H and O–H groups in total. The second-order valence-electron chi connectivity index (χ2n) is 2.99. The Balaban J connectivity index is 2.58. The first-order valence-corrected chi connectivity index (χ1v) is 4.65. The number of anilines is 1. The molecule has 0 saturated carbocycles. The van der Waals surface area contributed by atoms with E-state index in [1.165, 1.54) is 0 Å². The van der Waals surface area contributed by atoms with Gasteiger partial charge >= 0.3 is 0 Å². The molecule has 0 saturated heterocycles. The maximum absolute atomic E-state index is 12.7. The summed E-state index contributed by atoms with van der Waals surface area (Å²) in [6.45, 7) is 4.06. The summed E-state index contributed by atoms with van der Waals surface area (Å²) in [6, 6.07) is 0.676. The first-order valence-electron chi connectivity index (χ1n) is 4.65. The number of carbonyl (C=O) groups excluding carboxylic acids is 1. The third-order valence-corrected chi connectivity index (χ3v) is 1.74. The standard InChI is InChI=1S/C9H13FN4O/c1-3-11-9(15)6(2)14-8-4-7(10)12-5-13-8/h4-6H,3H2,1-2H3,(H,11,15)(H,12,13,14). The number of nitrogens with zero attached hydrogens (tertiary/aromatic N) is 2. The van der Waals surface area contributed by atoms with Crippen LogP contribution < -0.4 is 10.6 Å². The molecule has 1 atom stereocenters. The molecular weight excluding hydrogens is 199 g/mol. The fourth-order valence-corrected chi connectivity index (χ4v) is 1.03. The Morgan fingerprint density at radius 2 is 2.33 bits per heavy atom. The summed E-state index contributed by atoms with van der Waals surface area (Å²) < 4.78 is 12.7. The van der Waals surface area contributed by atoms with Gasteiger partial charge in [-0.05, 0) is 13.8 Å². The maximum Gasteiger partial charge on any atom is 0.242 e. The molecule has 0 bridgehead atoms. The van der Waals surface area contributed by atoms with Crippen LogP contribution in [0, 0.1) is 5.95 Å². The summed E-state index contributed by atoms with van der Waals surface area (Å²) in [5.41, 5.74) is 0. The van der Waals surface area contributed by atoms with E-state index in [9.17, 15) is 9.18 Å². The number of nitrogens with one attached hydrogen (secondary N) is 2. The van der Waals surface area contributed by atoms with Gasteiger partial charge in [0.2, 0.25) is 11.9 Å². The van der Waals surface area contributed by atoms with E-state index in [0.29, 0.717) is 12.4 Å². The minimum absolute atomic E-state index is 0.156. The van der Waals surface area contributed by atoms with Gasteiger partial charge < -0.3 is 10.6 Å². The summed E-state index contributed by atoms with van der Waals surface area (Å²) in [4.78, 5) is 18.4. The van der Waals surface area contributed by atoms with E-state index in [4.69, 9.17) is 0 Å². The molecule has 1 amide bonds. The molecule has 0 fully saturated rings. The van der Waals surface area contributed by atoms with Gasteiger partial charge in [0, 0.05) is 12.6 Å². The quantitative estimate of drug-likeness (QED) is 0.715. The van der Waals surface area contributed by atoms with E-state index in [1.807, 2.05) is 6.92 Å². The zero-order valence-electron chi connectivity index (χ0n) is 8.62. The predicted molar refractivity (Wildman–Crippen MR) is 53.8 cm³/mol. The van der Waals surface area contributed by atoms with Crippen molar-refractivity contribution in [3.05, 3.63) is 18.3 Å². The number of hydrogen-bond acceptors (Lipinski definition) is 4. The summed E-state index contributed by atoms with van der Waals surface area (Å²) >= 11 is 0. The number of halogens is 1. The van der Waals surface area contributed by atoms with Crippen molar-refractivity contribution < 1.29 is 9.18 Å². The fraction of sp³-hybridized carbons (Fsp3) is 0.444. The van der Waals surface area contributed by atoms with Crippen LogP contribution in [0.25, 0.3) is 0 Å². The molecule has 0 spiro atoms. The van der Waals surface area contributed by atoms with Crippen molar-refractivity contribution in [3.8, 4) is 0 Å². The lowest BCUT2D eigenvalue weighted by Crippen LogP contribution is -2.37. The highest BCUT2D eigenvalue weighted by Gasteiger charge is 2.11. The molecule has 0 aliphatic carbocycles. The van der Waals surface area contributed by atoms with Gasteiger partial charge in [-0.25, -0.2) is 9.97 Å². The zero-order valence-corrected chi connectivity index (χ0v) is 8.62. The van der Waals surface area contributed by atoms with Gasteiger partial charge in [-0.3, -0.25) is 4.79 Å². The second kappa shape index (κ2) is 5.23. The SMILES string of the molecule is CCNC(=O)C(C)Nc1cc(F)ncn1. The molecule has 5 nitrogen and oxygen atoms in total. The highest BCUT2D eigenvalue weighted by molar-refractivity contribution is 5.83. The molecule has 1 rings (SSSR count). The van der Waals surface area contributed by atoms with E-state index in [-0.39, 0.29) is 5.91 Å². The zero-order chi connectivity index (χ0) is 11.3. The van der Waals surface area contributed by atoms with Crippen molar-refractivity contribution in [2.75, 3.05) is 11.9 Å². The van der Waals surface area contributed by atoms with Crippen molar-refractivity contribution in [1.82, 2.24) is 15.3 Å². The smallest absolute Gasteiger partial charge is 0.242 e. The topological polar surface area (TPSA) is 66.9 Å². The van der Waals surface area contributed by atoms with Crippen molar-refractivity contribution in [1.29, 1.82) is 0 Å². The molecule has 1 heterocycles. The van der Waals surface area contributed by atoms with Gasteiger partial charge in [0.15, 0.2) is 0 Å². The first-order chi connectivity index (χ1) is 7.13. The lowest BCUT2D eigenvalue weighted by Gasteiger charge is -2.13. The van der Waals surface area contributed by atoms with Crippen LogP contribution in [0.3, 0.4) is 0 Å². The highest BCUT2D eigenvalue weighted by Crippen LogP contribution is 2.04. The maximum atomic E-state index is 12.7. The highest BCUT2D eigenvalue weighted by atomic mass is 19.1. The fourth-order valence-electron chi connectivity index (χ4n) is 1.03. The van der Waals surface area contributed by atoms with Crippen LogP contribution in [0.5, 0.6) is 0 Å². The van der Waals surface area contributed by atoms with Crippen LogP contribution in [0.15, 0.2) is 12.4 Å². The minimum atomic E-state index is -0.629. The minimum Gasteiger partial charge on any atom is -0.358 e. The van der Waals surface area contributed by atoms with Gasteiger partial charge in [0.05, 0.1) is 0 Å². The van der Waals surface area contributed by atoms with Crippen LogP contribution >= 0.6 is 0 Å². The molecule has 0 aromatic carbocycles. The van der Waals surface area contributed by atoms with Crippen LogP contribution in [0.2, 0.25) is 0 Å². The molecule has 1 aromatic heterocycles. The Morgan fingerprint density at radius 1 is 1.60 bits per heavy atom. The van der Waals surface area contributed by atoms with Crippen LogP contribution in [0.1, 0.15) is 13.8 Å². The Labute approximate surface area is 87.1 Å². The monoisotopic (exact) mass is 212 g/mol. The third kappa shape index (κ3) is 3.49. The molecule has 15 heavy (non-hydrogen) atoms. The average Bonchev–Trinajstić information content (AvgIpc) is 2.18. The third-order valence-electron chi connectivity index (χ3n) is 1.74. The van der Waals surface area contributed by atoms with E-state index in [2.05, 4.69) is 20.6 Å². The number of rotatable bonds is 4. The number of carbonyl (C=O) groups is 1. The van der Waals surface area contributed by atoms with Crippen molar-refractivity contribution in [2.24, 2.45) is 0 Å². The molecule has 82 valence electrons. The van der Waals surface area contributed by atoms with E-state index < -0.39 is 12.0 Å². The Hall–Kier alpha value is -1.72. The molecule has 1 unspecified atom stereocenters. The van der Waals surface area contributed by atoms with Gasteiger partial charge in [-0.1, -0.05) is 0 Å². The number of amides is 1. The molecule has 0 radical (unpaired) electrons. The van der Waals surface area contributed by atoms with Gasteiger partial charge in [0.1, 0.15) is 18.2 Å². The van der Waals surface area contributed by atoms with Crippen LogP contribution in [-0.4, -0.2) is 28.5 Å². The lowest BCUT2D eigenvalue weighted by atomic mass is 10.3. The Bertz CT molecular complexity index is 345. The molecule has 0 aliphatic heterocycles. The van der Waals surface area contributed by atoms with Crippen molar-refractivity contribution in [2.45, 2.75) is 19.9 Å². The lowest BCUT2D eigenvalue weighted by molar-refractivity contribution is -0.121. The number of aromatic nitrogens is 2. The largest absolute Gasteiger partial charge is 0.358 e. The molecular formula is C9H13FN4O. The van der Waals surface area contributed by atoms with Crippen molar-refractivity contribution in [3.63, 3.8) is 0 Å². The number of likely N-dealkylation sites (N-methyl/N-ethyl adjacent to an activating group) is 1. The Morgan fingerprint density at radius 3 is 2.93 bits per heavy atom. The van der Waals surface area contributed by atoms with E-state index >= 15 is 0 Å². The number of hydrogen-bond donors (Lipinski definition) is 2. The van der Waals surface area contributed by atoms with Crippen LogP contribution in [-0.2, 0) is 4.79 Å². The van der Waals surface area contributed by atoms with Crippen molar-refractivity contribution >= 4 is 11.7 Å². The molecule has 1 aromatic rings. The summed E-state index contributed by atoms with van der Waals surface area (Å²) in [5, 5.41) is 5.41. The summed E-state index contributed by atoms with van der Waals surface area (Å²) in [5.74, 6) is -0.492. The van der Waals surface area contributed by atoms with E-state index in [1.54, 1.807) is 6.92 Å². The van der Waals surface area contributed by atoms with E-state index in [0.717, 1.165) is 12.4 Å². The average molecular weight is 212 g/mol. The van der Waals surface area contributed by atoms with Gasteiger partial charge in [-0.15, -0.1) is 0 Å².